The Bertz CT molecular complexity index is 1600. The van der Waals surface area contributed by atoms with E-state index in [0.29, 0.717) is 49.0 Å². The lowest BCUT2D eigenvalue weighted by atomic mass is 9.87. The van der Waals surface area contributed by atoms with Crippen LogP contribution in [-0.4, -0.2) is 100.0 Å². The highest BCUT2D eigenvalue weighted by Crippen LogP contribution is 2.34. The second kappa shape index (κ2) is 15.3. The van der Waals surface area contributed by atoms with Crippen LogP contribution in [0.5, 0.6) is 11.6 Å². The van der Waals surface area contributed by atoms with Crippen LogP contribution >= 0.6 is 0 Å². The molecule has 0 radical (unpaired) electrons. The van der Waals surface area contributed by atoms with Gasteiger partial charge in [0.15, 0.2) is 5.60 Å². The van der Waals surface area contributed by atoms with Crippen molar-refractivity contribution in [3.63, 3.8) is 0 Å². The first-order valence-electron chi connectivity index (χ1n) is 17.7. The van der Waals surface area contributed by atoms with Crippen LogP contribution in [0.1, 0.15) is 44.1 Å². The molecule has 0 unspecified atom stereocenters. The molecule has 5 N–H and O–H groups in total. The van der Waals surface area contributed by atoms with E-state index in [0.717, 1.165) is 51.3 Å². The molecule has 1 amide bonds. The van der Waals surface area contributed by atoms with Gasteiger partial charge in [-0.3, -0.25) is 9.48 Å². The van der Waals surface area contributed by atoms with Crippen molar-refractivity contribution in [3.05, 3.63) is 90.4 Å². The monoisotopic (exact) mass is 668 g/mol. The number of phenols is 1. The lowest BCUT2D eigenvalue weighted by Gasteiger charge is -2.45. The summed E-state index contributed by atoms with van der Waals surface area (Å²) in [6.07, 6.45) is 10.4. The molecular formula is C38H52N8O3. The minimum atomic E-state index is -1.05. The molecule has 0 bridgehead atoms. The maximum atomic E-state index is 14.5. The van der Waals surface area contributed by atoms with Gasteiger partial charge in [-0.25, -0.2) is 0 Å². The van der Waals surface area contributed by atoms with Gasteiger partial charge in [0.25, 0.3) is 5.91 Å². The average molecular weight is 669 g/mol. The summed E-state index contributed by atoms with van der Waals surface area (Å²) in [7, 11) is 3.79. The maximum Gasteiger partial charge on any atom is 0.266 e. The zero-order valence-corrected chi connectivity index (χ0v) is 29.0. The van der Waals surface area contributed by atoms with Crippen molar-refractivity contribution in [3.8, 4) is 11.6 Å². The zero-order chi connectivity index (χ0) is 34.4. The third-order valence-electron chi connectivity index (χ3n) is 10.7. The number of likely N-dealkylation sites (N-methyl/N-ethyl adjacent to an activating group) is 1. The number of allylic oxidation sites excluding steroid dienone is 1. The Labute approximate surface area is 290 Å². The van der Waals surface area contributed by atoms with Gasteiger partial charge >= 0.3 is 0 Å². The highest BCUT2D eigenvalue weighted by atomic mass is 16.5. The van der Waals surface area contributed by atoms with E-state index in [9.17, 15) is 9.90 Å². The highest BCUT2D eigenvalue weighted by Gasteiger charge is 2.47. The number of aromatic nitrogens is 2. The molecule has 3 aliphatic heterocycles. The molecule has 11 heteroatoms. The molecule has 3 fully saturated rings. The number of amides is 1. The molecule has 6 rings (SSSR count). The number of ether oxygens (including phenoxy) is 1. The number of aryl methyl sites for hydroxylation is 1. The van der Waals surface area contributed by atoms with E-state index >= 15 is 0 Å². The maximum absolute atomic E-state index is 14.5. The van der Waals surface area contributed by atoms with Crippen LogP contribution < -0.4 is 21.1 Å². The Morgan fingerprint density at radius 1 is 0.980 bits per heavy atom. The van der Waals surface area contributed by atoms with E-state index in [4.69, 9.17) is 16.2 Å². The number of carbonyl (C=O) groups excluding carboxylic acids is 1. The summed E-state index contributed by atoms with van der Waals surface area (Å²) in [5, 5.41) is 14.7. The van der Waals surface area contributed by atoms with Crippen molar-refractivity contribution in [2.75, 3.05) is 57.8 Å². The lowest BCUT2D eigenvalue weighted by molar-refractivity contribution is -0.154. The predicted molar refractivity (Wildman–Crippen MR) is 194 cm³/mol. The quantitative estimate of drug-likeness (QED) is 0.275. The van der Waals surface area contributed by atoms with Gasteiger partial charge in [0, 0.05) is 114 Å². The summed E-state index contributed by atoms with van der Waals surface area (Å²) in [4.78, 5) is 23.6. The number of nitrogens with zero attached hydrogens (tertiary/aromatic N) is 6. The van der Waals surface area contributed by atoms with E-state index in [-0.39, 0.29) is 17.7 Å². The van der Waals surface area contributed by atoms with Gasteiger partial charge in [-0.2, -0.15) is 0 Å². The number of hydrogen-bond donors (Lipinski definition) is 3. The third kappa shape index (κ3) is 7.99. The molecule has 11 nitrogen and oxygen atoms in total. The molecule has 3 aliphatic rings. The van der Waals surface area contributed by atoms with E-state index in [1.54, 1.807) is 29.0 Å². The van der Waals surface area contributed by atoms with E-state index in [1.165, 1.54) is 24.7 Å². The second-order valence-corrected chi connectivity index (χ2v) is 13.8. The molecule has 262 valence electrons. The number of piperidine rings is 3. The Morgan fingerprint density at radius 2 is 1.65 bits per heavy atom. The molecule has 0 atom stereocenters. The first-order chi connectivity index (χ1) is 23.7. The summed E-state index contributed by atoms with van der Waals surface area (Å²) in [5.74, 6) is 1.28. The number of nitrogens with two attached hydrogens (primary N) is 2. The number of phenolic OH excluding ortho intramolecular Hbond substituents is 1. The first kappa shape index (κ1) is 34.2. The fourth-order valence-corrected chi connectivity index (χ4v) is 7.69. The lowest BCUT2D eigenvalue weighted by Crippen LogP contribution is -2.60. The summed E-state index contributed by atoms with van der Waals surface area (Å²) < 4.78 is 8.23. The number of carbonyl (C=O) groups is 1. The smallest absolute Gasteiger partial charge is 0.266 e. The van der Waals surface area contributed by atoms with E-state index in [1.807, 2.05) is 37.3 Å². The SMILES string of the molecule is CN(C(=O)C1(Oc2ccn(C)n2)CCN(C(/C=C(\N)c2ccccc2O)=C/N)CC1)C1CCN(CC2CCN(c3ccccc3)CC2)CC1. The van der Waals surface area contributed by atoms with Crippen LogP contribution in [0.4, 0.5) is 5.69 Å². The molecule has 0 spiro atoms. The minimum absolute atomic E-state index is 0.00655. The van der Waals surface area contributed by atoms with Crippen LogP contribution in [0.25, 0.3) is 5.70 Å². The summed E-state index contributed by atoms with van der Waals surface area (Å²) >= 11 is 0. The molecule has 3 aromatic rings. The van der Waals surface area contributed by atoms with Crippen molar-refractivity contribution < 1.29 is 14.6 Å². The van der Waals surface area contributed by atoms with Crippen molar-refractivity contribution in [2.24, 2.45) is 24.4 Å². The van der Waals surface area contributed by atoms with Crippen LogP contribution in [0.15, 0.2) is 84.8 Å². The predicted octanol–water partition coefficient (Wildman–Crippen LogP) is 3.98. The second-order valence-electron chi connectivity index (χ2n) is 13.8. The van der Waals surface area contributed by atoms with Crippen molar-refractivity contribution >= 4 is 17.3 Å². The number of hydrogen-bond acceptors (Lipinski definition) is 9. The highest BCUT2D eigenvalue weighted by molar-refractivity contribution is 5.86. The molecule has 3 saturated heterocycles. The number of aromatic hydroxyl groups is 1. The van der Waals surface area contributed by atoms with E-state index < -0.39 is 5.60 Å². The minimum Gasteiger partial charge on any atom is -0.507 e. The van der Waals surface area contributed by atoms with Crippen LogP contribution in [0.3, 0.4) is 0 Å². The molecule has 2 aromatic carbocycles. The van der Waals surface area contributed by atoms with Gasteiger partial charge < -0.3 is 40.9 Å². The Balaban J connectivity index is 1.06. The normalized spacial score (nSPS) is 20.0. The molecular weight excluding hydrogens is 616 g/mol. The van der Waals surface area contributed by atoms with Gasteiger partial charge in [0.2, 0.25) is 5.88 Å². The molecule has 4 heterocycles. The zero-order valence-electron chi connectivity index (χ0n) is 29.0. The van der Waals surface area contributed by atoms with Gasteiger partial charge in [-0.15, -0.1) is 5.10 Å². The Morgan fingerprint density at radius 3 is 2.29 bits per heavy atom. The Hall–Kier alpha value is -4.64. The van der Waals surface area contributed by atoms with Crippen molar-refractivity contribution in [2.45, 2.75) is 50.2 Å². The molecule has 0 aliphatic carbocycles. The van der Waals surface area contributed by atoms with Crippen LogP contribution in [0.2, 0.25) is 0 Å². The Kier molecular flexibility index (Phi) is 10.7. The van der Waals surface area contributed by atoms with Gasteiger partial charge in [-0.1, -0.05) is 30.3 Å². The van der Waals surface area contributed by atoms with Gasteiger partial charge in [-0.05, 0) is 61.9 Å². The summed E-state index contributed by atoms with van der Waals surface area (Å²) in [5.41, 5.74) is 14.4. The topological polar surface area (TPSA) is 129 Å². The number of para-hydroxylation sites is 2. The fraction of sp³-hybridized carbons (Fsp3) is 0.474. The summed E-state index contributed by atoms with van der Waals surface area (Å²) in [6.45, 7) is 6.44. The molecule has 1 aromatic heterocycles. The number of benzene rings is 2. The fourth-order valence-electron chi connectivity index (χ4n) is 7.69. The van der Waals surface area contributed by atoms with Gasteiger partial charge in [0.05, 0.1) is 5.70 Å². The van der Waals surface area contributed by atoms with Crippen LogP contribution in [0, 0.1) is 5.92 Å². The van der Waals surface area contributed by atoms with Crippen molar-refractivity contribution in [1.29, 1.82) is 0 Å². The van der Waals surface area contributed by atoms with E-state index in [2.05, 4.69) is 50.1 Å². The summed E-state index contributed by atoms with van der Waals surface area (Å²) in [6, 6.07) is 19.7. The average Bonchev–Trinajstić information content (AvgIpc) is 3.55. The number of likely N-dealkylation sites (tertiary alicyclic amines) is 2. The van der Waals surface area contributed by atoms with Crippen molar-refractivity contribution in [1.82, 2.24) is 24.5 Å². The van der Waals surface area contributed by atoms with Crippen LogP contribution in [-0.2, 0) is 11.8 Å². The third-order valence-corrected chi connectivity index (χ3v) is 10.7. The molecule has 0 saturated carbocycles. The first-order valence-corrected chi connectivity index (χ1v) is 17.7. The molecule has 49 heavy (non-hydrogen) atoms. The largest absolute Gasteiger partial charge is 0.507 e. The van der Waals surface area contributed by atoms with Gasteiger partial charge in [0.1, 0.15) is 5.75 Å². The number of rotatable bonds is 10. The standard InChI is InChI=1S/C38H52N8O3/c1-42-19-16-36(41-42)49-38(17-24-46(25-18-38)32(27-39)26-34(40)33-10-6-7-11-35(33)47)37(48)43(2)30-14-20-44(21-15-30)28-29-12-22-45(23-13-29)31-8-4-3-5-9-31/h3-11,16,19,26-27,29-30,47H,12-15,17-18,20-25,28,39-40H2,1-2H3/b32-27+,34-26-. The number of anilines is 1.